The van der Waals surface area contributed by atoms with Gasteiger partial charge in [0.15, 0.2) is 11.5 Å². The Labute approximate surface area is 198 Å². The summed E-state index contributed by atoms with van der Waals surface area (Å²) in [6.07, 6.45) is 0. The van der Waals surface area contributed by atoms with Crippen LogP contribution in [0, 0.1) is 13.8 Å². The van der Waals surface area contributed by atoms with Crippen molar-refractivity contribution in [3.63, 3.8) is 0 Å². The number of benzene rings is 3. The number of aryl methyl sites for hydroxylation is 1. The third-order valence-corrected chi connectivity index (χ3v) is 6.33. The molecule has 1 N–H and O–H groups in total. The van der Waals surface area contributed by atoms with E-state index in [0.29, 0.717) is 23.6 Å². The monoisotopic (exact) mass is 462 g/mol. The Morgan fingerprint density at radius 2 is 1.76 bits per heavy atom. The van der Waals surface area contributed by atoms with Gasteiger partial charge in [0, 0.05) is 45.8 Å². The van der Waals surface area contributed by atoms with Crippen LogP contribution >= 0.6 is 11.6 Å². The molecular formula is C27H27ClN2O3. The molecule has 0 bridgehead atoms. The SMILES string of the molecule is COc1cccc(CNC(=O)c2ccc3c(c2)c(C)c(C)n3Cc2ccc(Cl)cc2)c1OC. The molecule has 4 rings (SSSR count). The smallest absolute Gasteiger partial charge is 0.251 e. The molecule has 0 aliphatic heterocycles. The molecule has 5 nitrogen and oxygen atoms in total. The lowest BCUT2D eigenvalue weighted by molar-refractivity contribution is 0.0950. The van der Waals surface area contributed by atoms with Crippen LogP contribution in [0.25, 0.3) is 10.9 Å². The summed E-state index contributed by atoms with van der Waals surface area (Å²) in [6.45, 7) is 5.29. The number of hydrogen-bond acceptors (Lipinski definition) is 3. The number of hydrogen-bond donors (Lipinski definition) is 1. The molecule has 0 atom stereocenters. The van der Waals surface area contributed by atoms with Crippen molar-refractivity contribution < 1.29 is 14.3 Å². The first-order valence-corrected chi connectivity index (χ1v) is 11.1. The van der Waals surface area contributed by atoms with E-state index in [-0.39, 0.29) is 5.91 Å². The van der Waals surface area contributed by atoms with Crippen molar-refractivity contribution in [1.82, 2.24) is 9.88 Å². The van der Waals surface area contributed by atoms with Crippen molar-refractivity contribution >= 4 is 28.4 Å². The zero-order valence-electron chi connectivity index (χ0n) is 19.2. The van der Waals surface area contributed by atoms with E-state index in [4.69, 9.17) is 21.1 Å². The van der Waals surface area contributed by atoms with Gasteiger partial charge in [-0.3, -0.25) is 4.79 Å². The van der Waals surface area contributed by atoms with Crippen molar-refractivity contribution in [2.75, 3.05) is 14.2 Å². The maximum atomic E-state index is 12.9. The fourth-order valence-corrected chi connectivity index (χ4v) is 4.26. The fourth-order valence-electron chi connectivity index (χ4n) is 4.14. The van der Waals surface area contributed by atoms with Crippen molar-refractivity contribution in [2.24, 2.45) is 0 Å². The zero-order chi connectivity index (χ0) is 23.5. The van der Waals surface area contributed by atoms with Crippen LogP contribution in [0.1, 0.15) is 32.7 Å². The van der Waals surface area contributed by atoms with Crippen LogP contribution in [0.5, 0.6) is 11.5 Å². The molecule has 3 aromatic carbocycles. The van der Waals surface area contributed by atoms with Gasteiger partial charge in [-0.15, -0.1) is 0 Å². The maximum absolute atomic E-state index is 12.9. The lowest BCUT2D eigenvalue weighted by atomic mass is 10.1. The summed E-state index contributed by atoms with van der Waals surface area (Å²) < 4.78 is 13.1. The molecule has 170 valence electrons. The number of methoxy groups -OCH3 is 2. The van der Waals surface area contributed by atoms with Crippen LogP contribution in [0.4, 0.5) is 0 Å². The molecule has 0 aliphatic carbocycles. The van der Waals surface area contributed by atoms with Crippen molar-refractivity contribution in [3.05, 3.63) is 93.6 Å². The van der Waals surface area contributed by atoms with E-state index in [0.717, 1.165) is 28.0 Å². The minimum Gasteiger partial charge on any atom is -0.493 e. The number of halogens is 1. The van der Waals surface area contributed by atoms with Crippen LogP contribution < -0.4 is 14.8 Å². The van der Waals surface area contributed by atoms with E-state index in [1.54, 1.807) is 14.2 Å². The molecule has 0 saturated carbocycles. The number of fused-ring (bicyclic) bond motifs is 1. The number of nitrogens with one attached hydrogen (secondary N) is 1. The molecule has 0 fully saturated rings. The first-order valence-electron chi connectivity index (χ1n) is 10.7. The fraction of sp³-hybridized carbons (Fsp3) is 0.222. The van der Waals surface area contributed by atoms with Crippen LogP contribution in [-0.4, -0.2) is 24.7 Å². The first-order chi connectivity index (χ1) is 15.9. The molecule has 0 radical (unpaired) electrons. The molecular weight excluding hydrogens is 436 g/mol. The number of rotatable bonds is 7. The second-order valence-corrected chi connectivity index (χ2v) is 8.43. The maximum Gasteiger partial charge on any atom is 0.251 e. The van der Waals surface area contributed by atoms with Gasteiger partial charge in [0.25, 0.3) is 5.91 Å². The van der Waals surface area contributed by atoms with E-state index in [1.807, 2.05) is 60.7 Å². The number of ether oxygens (including phenoxy) is 2. The summed E-state index contributed by atoms with van der Waals surface area (Å²) in [4.78, 5) is 12.9. The van der Waals surface area contributed by atoms with Crippen LogP contribution in [0.2, 0.25) is 5.02 Å². The molecule has 1 aromatic heterocycles. The number of carbonyl (C=O) groups excluding carboxylic acids is 1. The average molecular weight is 463 g/mol. The van der Waals surface area contributed by atoms with Gasteiger partial charge in [0.2, 0.25) is 0 Å². The highest BCUT2D eigenvalue weighted by Gasteiger charge is 2.15. The largest absolute Gasteiger partial charge is 0.493 e. The minimum absolute atomic E-state index is 0.135. The lowest BCUT2D eigenvalue weighted by Crippen LogP contribution is -2.23. The van der Waals surface area contributed by atoms with Crippen molar-refractivity contribution in [3.8, 4) is 11.5 Å². The summed E-state index contributed by atoms with van der Waals surface area (Å²) in [5, 5.41) is 4.80. The average Bonchev–Trinajstić information content (AvgIpc) is 3.07. The summed E-state index contributed by atoms with van der Waals surface area (Å²) in [7, 11) is 3.19. The Morgan fingerprint density at radius 3 is 2.45 bits per heavy atom. The molecule has 6 heteroatoms. The summed E-state index contributed by atoms with van der Waals surface area (Å²) in [5.74, 6) is 1.13. The predicted octanol–water partition coefficient (Wildman–Crippen LogP) is 5.91. The summed E-state index contributed by atoms with van der Waals surface area (Å²) in [6, 6.07) is 19.4. The van der Waals surface area contributed by atoms with Gasteiger partial charge < -0.3 is 19.4 Å². The molecule has 0 unspecified atom stereocenters. The highest BCUT2D eigenvalue weighted by molar-refractivity contribution is 6.30. The molecule has 0 saturated heterocycles. The zero-order valence-corrected chi connectivity index (χ0v) is 20.0. The molecule has 1 amide bonds. The highest BCUT2D eigenvalue weighted by Crippen LogP contribution is 2.31. The summed E-state index contributed by atoms with van der Waals surface area (Å²) in [5.41, 5.74) is 6.10. The Kier molecular flexibility index (Phi) is 6.61. The number of aromatic nitrogens is 1. The second kappa shape index (κ2) is 9.59. The van der Waals surface area contributed by atoms with Gasteiger partial charge in [-0.1, -0.05) is 35.9 Å². The quantitative estimate of drug-likeness (QED) is 0.371. The van der Waals surface area contributed by atoms with Gasteiger partial charge in [0.1, 0.15) is 0 Å². The van der Waals surface area contributed by atoms with Gasteiger partial charge in [-0.25, -0.2) is 0 Å². The van der Waals surface area contributed by atoms with Crippen LogP contribution in [0.3, 0.4) is 0 Å². The first kappa shape index (κ1) is 22.7. The van der Waals surface area contributed by atoms with E-state index in [1.165, 1.54) is 16.8 Å². The second-order valence-electron chi connectivity index (χ2n) is 7.99. The normalized spacial score (nSPS) is 10.9. The van der Waals surface area contributed by atoms with Gasteiger partial charge in [-0.05, 0) is 61.4 Å². The predicted molar refractivity (Wildman–Crippen MR) is 133 cm³/mol. The van der Waals surface area contributed by atoms with Crippen LogP contribution in [0.15, 0.2) is 60.7 Å². The van der Waals surface area contributed by atoms with Crippen molar-refractivity contribution in [2.45, 2.75) is 26.9 Å². The molecule has 1 heterocycles. The Morgan fingerprint density at radius 1 is 1.00 bits per heavy atom. The van der Waals surface area contributed by atoms with Gasteiger partial charge in [-0.2, -0.15) is 0 Å². The molecule has 0 spiro atoms. The molecule has 0 aliphatic rings. The van der Waals surface area contributed by atoms with E-state index >= 15 is 0 Å². The van der Waals surface area contributed by atoms with E-state index < -0.39 is 0 Å². The van der Waals surface area contributed by atoms with E-state index in [2.05, 4.69) is 23.7 Å². The van der Waals surface area contributed by atoms with E-state index in [9.17, 15) is 4.79 Å². The van der Waals surface area contributed by atoms with Gasteiger partial charge in [0.05, 0.1) is 14.2 Å². The Hall–Kier alpha value is -3.44. The summed E-state index contributed by atoms with van der Waals surface area (Å²) >= 11 is 6.03. The molecule has 33 heavy (non-hydrogen) atoms. The van der Waals surface area contributed by atoms with Crippen LogP contribution in [-0.2, 0) is 13.1 Å². The lowest BCUT2D eigenvalue weighted by Gasteiger charge is -2.13. The topological polar surface area (TPSA) is 52.5 Å². The minimum atomic E-state index is -0.135. The Bertz CT molecular complexity index is 1310. The third-order valence-electron chi connectivity index (χ3n) is 6.08. The standard InChI is InChI=1S/C27H27ClN2O3/c1-17-18(2)30(16-19-8-11-22(28)12-9-19)24-13-10-20(14-23(17)24)27(31)29-15-21-6-5-7-25(32-3)26(21)33-4/h5-14H,15-16H2,1-4H3,(H,29,31). The van der Waals surface area contributed by atoms with Gasteiger partial charge >= 0.3 is 0 Å². The Balaban J connectivity index is 1.58. The number of nitrogens with zero attached hydrogens (tertiary/aromatic N) is 1. The highest BCUT2D eigenvalue weighted by atomic mass is 35.5. The number of amides is 1. The number of para-hydroxylation sites is 1. The third kappa shape index (κ3) is 4.55. The van der Waals surface area contributed by atoms with Crippen molar-refractivity contribution in [1.29, 1.82) is 0 Å². The molecule has 4 aromatic rings. The number of carbonyl (C=O) groups is 1.